The summed E-state index contributed by atoms with van der Waals surface area (Å²) in [6, 6.07) is 59.8. The van der Waals surface area contributed by atoms with E-state index < -0.39 is 11.2 Å². The molecule has 18 nitrogen and oxygen atoms in total. The van der Waals surface area contributed by atoms with Crippen molar-refractivity contribution in [1.82, 2.24) is 0 Å². The lowest BCUT2D eigenvalue weighted by molar-refractivity contribution is 0.00263. The maximum atomic E-state index is 11.4. The molecule has 4 unspecified atom stereocenters. The summed E-state index contributed by atoms with van der Waals surface area (Å²) in [6.45, 7) is 9.31. The van der Waals surface area contributed by atoms with Crippen molar-refractivity contribution in [2.24, 2.45) is 0 Å². The molecule has 95 heavy (non-hydrogen) atoms. The number of fused-ring (bicyclic) bond motifs is 4. The summed E-state index contributed by atoms with van der Waals surface area (Å²) in [4.78, 5) is 44.7. The van der Waals surface area contributed by atoms with Gasteiger partial charge in [0.1, 0.15) is 26.4 Å². The van der Waals surface area contributed by atoms with Gasteiger partial charge in [0.2, 0.25) is 0 Å². The highest BCUT2D eigenvalue weighted by molar-refractivity contribution is 9.08. The molecule has 5 aliphatic rings. The van der Waals surface area contributed by atoms with Gasteiger partial charge >= 0.3 is 5.97 Å². The molecular weight excluding hydrogens is 1300 g/mol. The van der Waals surface area contributed by atoms with Gasteiger partial charge in [-0.2, -0.15) is 0 Å². The molecule has 20 heteroatoms. The number of ether oxygens (including phenoxy) is 12. The average Bonchev–Trinajstić information content (AvgIpc) is 0.922. The number of carbonyl (C=O) groups is 4. The molecule has 4 atom stereocenters. The van der Waals surface area contributed by atoms with Gasteiger partial charge in [0.05, 0.1) is 51.8 Å². The summed E-state index contributed by atoms with van der Waals surface area (Å²) in [5, 5.41) is 18.4. The predicted molar refractivity (Wildman–Crippen MR) is 364 cm³/mol. The van der Waals surface area contributed by atoms with Crippen LogP contribution in [0.15, 0.2) is 194 Å². The number of ketones is 2. The molecular formula is C75H80BrClO18. The molecule has 0 radical (unpaired) electrons. The normalized spacial score (nSPS) is 16.3. The van der Waals surface area contributed by atoms with Crippen molar-refractivity contribution in [3.8, 4) is 46.0 Å². The highest BCUT2D eigenvalue weighted by Gasteiger charge is 2.26. The lowest BCUT2D eigenvalue weighted by Crippen LogP contribution is -2.33. The summed E-state index contributed by atoms with van der Waals surface area (Å²) >= 11 is 8.83. The van der Waals surface area contributed by atoms with Crippen LogP contribution in [0.3, 0.4) is 0 Å². The SMILES string of the molecule is BrCc1ccccc1.C.C1CCOC1.CC(=O)c1ccc2c(c1)OC(CO)CO2.CC(=O)c1ccc2c(c1)OC(COCc1ccccc1)CO2.O=C(Cl)c1ccc2c(c1)OC(COCc1ccccc1)CO2.O=C(O)c1ccc2c(c1)OC(COCc1ccccc1)CO2. The summed E-state index contributed by atoms with van der Waals surface area (Å²) < 4.78 is 67.0. The van der Waals surface area contributed by atoms with Crippen molar-refractivity contribution >= 4 is 50.3 Å². The van der Waals surface area contributed by atoms with E-state index in [9.17, 15) is 19.2 Å². The van der Waals surface area contributed by atoms with Crippen LogP contribution in [0.2, 0.25) is 0 Å². The maximum absolute atomic E-state index is 11.4. The van der Waals surface area contributed by atoms with E-state index in [2.05, 4.69) is 28.1 Å². The van der Waals surface area contributed by atoms with Gasteiger partial charge in [-0.1, -0.05) is 145 Å². The first-order valence-electron chi connectivity index (χ1n) is 30.6. The molecule has 13 rings (SSSR count). The Bertz CT molecular complexity index is 3350. The van der Waals surface area contributed by atoms with Crippen LogP contribution in [0.4, 0.5) is 0 Å². The number of hydrogen-bond acceptors (Lipinski definition) is 17. The highest BCUT2D eigenvalue weighted by atomic mass is 79.9. The van der Waals surface area contributed by atoms with E-state index in [4.69, 9.17) is 78.7 Å². The van der Waals surface area contributed by atoms with Crippen molar-refractivity contribution in [3.63, 3.8) is 0 Å². The summed E-state index contributed by atoms with van der Waals surface area (Å²) in [5.74, 6) is 3.54. The zero-order chi connectivity index (χ0) is 66.3. The highest BCUT2D eigenvalue weighted by Crippen LogP contribution is 2.36. The summed E-state index contributed by atoms with van der Waals surface area (Å²) in [6.07, 6.45) is 1.58. The third-order valence-electron chi connectivity index (χ3n) is 14.2. The molecule has 5 heterocycles. The number of halogens is 2. The third kappa shape index (κ3) is 24.8. The molecule has 502 valence electrons. The Labute approximate surface area is 567 Å². The summed E-state index contributed by atoms with van der Waals surface area (Å²) in [7, 11) is 0. The van der Waals surface area contributed by atoms with E-state index in [0.717, 1.165) is 35.2 Å². The number of rotatable bonds is 18. The molecule has 8 aromatic rings. The zero-order valence-electron chi connectivity index (χ0n) is 52.3. The fraction of sp³-hybridized carbons (Fsp3) is 0.307. The minimum atomic E-state index is -0.992. The number of aliphatic hydroxyl groups is 1. The van der Waals surface area contributed by atoms with Crippen LogP contribution >= 0.6 is 27.5 Å². The Hall–Kier alpha value is -8.79. The van der Waals surface area contributed by atoms with E-state index in [1.54, 1.807) is 60.7 Å². The van der Waals surface area contributed by atoms with Gasteiger partial charge in [-0.15, -0.1) is 0 Å². The number of hydrogen-bond donors (Lipinski definition) is 2. The first-order valence-corrected chi connectivity index (χ1v) is 32.1. The van der Waals surface area contributed by atoms with E-state index in [1.807, 2.05) is 109 Å². The van der Waals surface area contributed by atoms with Crippen LogP contribution < -0.4 is 37.9 Å². The summed E-state index contributed by atoms with van der Waals surface area (Å²) in [5.41, 5.74) is 6.40. The van der Waals surface area contributed by atoms with Crippen LogP contribution in [0.1, 0.15) is 97.8 Å². The van der Waals surface area contributed by atoms with Crippen LogP contribution in [0.5, 0.6) is 46.0 Å². The molecule has 0 spiro atoms. The molecule has 0 bridgehead atoms. The second kappa shape index (κ2) is 39.8. The van der Waals surface area contributed by atoms with Crippen molar-refractivity contribution in [2.45, 2.75) is 83.7 Å². The van der Waals surface area contributed by atoms with E-state index in [1.165, 1.54) is 44.4 Å². The maximum Gasteiger partial charge on any atom is 0.335 e. The molecule has 0 aromatic heterocycles. The molecule has 0 aliphatic carbocycles. The van der Waals surface area contributed by atoms with E-state index in [-0.39, 0.29) is 55.6 Å². The van der Waals surface area contributed by atoms with Gasteiger partial charge in [0, 0.05) is 35.2 Å². The molecule has 8 aromatic carbocycles. The van der Waals surface area contributed by atoms with Crippen molar-refractivity contribution in [3.05, 3.63) is 239 Å². The van der Waals surface area contributed by atoms with Gasteiger partial charge in [-0.25, -0.2) is 4.79 Å². The molecule has 1 fully saturated rings. The predicted octanol–water partition coefficient (Wildman–Crippen LogP) is 14.4. The number of aliphatic hydroxyl groups excluding tert-OH is 1. The van der Waals surface area contributed by atoms with Crippen LogP contribution in [0, 0.1) is 0 Å². The molecule has 1 saturated heterocycles. The van der Waals surface area contributed by atoms with Crippen molar-refractivity contribution < 1.29 is 86.2 Å². The topological polar surface area (TPSA) is 219 Å². The Morgan fingerprint density at radius 3 is 1.03 bits per heavy atom. The van der Waals surface area contributed by atoms with Gasteiger partial charge < -0.3 is 67.1 Å². The largest absolute Gasteiger partial charge is 0.486 e. The molecule has 5 aliphatic heterocycles. The minimum absolute atomic E-state index is 0. The molecule has 2 N–H and O–H groups in total. The Balaban J connectivity index is 0.000000168. The third-order valence-corrected chi connectivity index (χ3v) is 15.1. The second-order valence-corrected chi connectivity index (χ2v) is 22.6. The number of aromatic carboxylic acids is 1. The number of carbonyl (C=O) groups excluding carboxylic acids is 3. The fourth-order valence-electron chi connectivity index (χ4n) is 9.22. The number of alkyl halides is 1. The Morgan fingerprint density at radius 2 is 0.737 bits per heavy atom. The van der Waals surface area contributed by atoms with Crippen LogP contribution in [0.25, 0.3) is 0 Å². The van der Waals surface area contributed by atoms with Gasteiger partial charge in [-0.3, -0.25) is 14.4 Å². The monoisotopic (exact) mass is 1380 g/mol. The zero-order valence-corrected chi connectivity index (χ0v) is 54.6. The minimum Gasteiger partial charge on any atom is -0.486 e. The lowest BCUT2D eigenvalue weighted by Gasteiger charge is -2.26. The molecule has 0 amide bonds. The quantitative estimate of drug-likeness (QED) is 0.0463. The van der Waals surface area contributed by atoms with Gasteiger partial charge in [0.15, 0.2) is 82.0 Å². The van der Waals surface area contributed by atoms with E-state index in [0.29, 0.717) is 129 Å². The first-order chi connectivity index (χ1) is 45.8. The van der Waals surface area contributed by atoms with Crippen LogP contribution in [-0.4, -0.2) is 123 Å². The van der Waals surface area contributed by atoms with Gasteiger partial charge in [0.25, 0.3) is 5.24 Å². The standard InChI is InChI=1S/C18H18O4.C17H15ClO4.C17H16O5.C11H12O4.C7H7Br.C4H8O.CH4/c1-13(19)15-7-8-17-18(9-15)22-16(12-21-17)11-20-10-14-5-3-2-4-6-14;2*18-17(19)13-6-7-15-16(8-13)22-14(11-21-15)10-20-9-12-4-2-1-3-5-12;1-7(13)8-2-3-10-11(4-8)15-9(5-12)6-14-10;8-6-7-4-2-1-3-5-7;1-2-4-5-3-1;/h2-9,16H,10-12H2,1H3;1-8,14H,9-11H2;1-8,14H,9-11H2,(H,18,19);2-4,9,12H,5-6H2,1H3;1-5H,6H2;1-4H2;1H4. The smallest absolute Gasteiger partial charge is 0.335 e. The lowest BCUT2D eigenvalue weighted by atomic mass is 10.1. The first kappa shape index (κ1) is 73.6. The van der Waals surface area contributed by atoms with Crippen molar-refractivity contribution in [1.29, 1.82) is 0 Å². The Morgan fingerprint density at radius 1 is 0.432 bits per heavy atom. The Kier molecular flexibility index (Phi) is 30.8. The number of carboxylic acid groups (broad SMARTS) is 1. The molecule has 0 saturated carbocycles. The number of carboxylic acids is 1. The second-order valence-electron chi connectivity index (χ2n) is 21.7. The van der Waals surface area contributed by atoms with E-state index >= 15 is 0 Å². The average molecular weight is 1380 g/mol. The van der Waals surface area contributed by atoms with Crippen molar-refractivity contribution in [2.75, 3.05) is 66.1 Å². The van der Waals surface area contributed by atoms with Crippen LogP contribution in [-0.2, 0) is 44.1 Å². The van der Waals surface area contributed by atoms with Gasteiger partial charge in [-0.05, 0) is 133 Å². The number of Topliss-reactive ketones (excluding diaryl/α,β-unsaturated/α-hetero) is 2. The fourth-order valence-corrected chi connectivity index (χ4v) is 9.71. The number of benzene rings is 8.